The van der Waals surface area contributed by atoms with Crippen molar-refractivity contribution in [1.29, 1.82) is 0 Å². The van der Waals surface area contributed by atoms with Gasteiger partial charge in [0, 0.05) is 21.4 Å². The van der Waals surface area contributed by atoms with Crippen LogP contribution in [0.5, 0.6) is 0 Å². The zero-order valence-electron chi connectivity index (χ0n) is 11.5. The summed E-state index contributed by atoms with van der Waals surface area (Å²) in [6.07, 6.45) is 0. The maximum Gasteiger partial charge on any atom is 0.243 e. The lowest BCUT2D eigenvalue weighted by molar-refractivity contribution is -0.114. The summed E-state index contributed by atoms with van der Waals surface area (Å²) in [4.78, 5) is 23.0. The van der Waals surface area contributed by atoms with Crippen molar-refractivity contribution >= 4 is 39.0 Å². The van der Waals surface area contributed by atoms with E-state index in [9.17, 15) is 9.59 Å². The van der Waals surface area contributed by atoms with Crippen molar-refractivity contribution in [2.45, 2.75) is 6.92 Å². The van der Waals surface area contributed by atoms with Gasteiger partial charge in [-0.05, 0) is 55.5 Å². The monoisotopic (exact) mass is 346 g/mol. The van der Waals surface area contributed by atoms with Crippen LogP contribution >= 0.6 is 15.9 Å². The number of benzene rings is 2. The second-order valence-electron chi connectivity index (χ2n) is 4.54. The number of carbonyl (C=O) groups is 2. The molecule has 0 bridgehead atoms. The summed E-state index contributed by atoms with van der Waals surface area (Å²) in [6.45, 7) is 1.69. The highest BCUT2D eigenvalue weighted by molar-refractivity contribution is 9.10. The van der Waals surface area contributed by atoms with Crippen LogP contribution in [0.4, 0.5) is 11.4 Å². The molecule has 2 aromatic carbocycles. The molecule has 5 heteroatoms. The Morgan fingerprint density at radius 1 is 0.952 bits per heavy atom. The van der Waals surface area contributed by atoms with Crippen molar-refractivity contribution in [2.75, 3.05) is 17.2 Å². The van der Waals surface area contributed by atoms with Gasteiger partial charge < -0.3 is 10.6 Å². The molecule has 4 nitrogen and oxygen atoms in total. The number of carbonyl (C=O) groups excluding carboxylic acids is 2. The second-order valence-corrected chi connectivity index (χ2v) is 5.46. The number of anilines is 2. The van der Waals surface area contributed by atoms with Crippen LogP contribution in [-0.2, 0) is 4.79 Å². The predicted molar refractivity (Wildman–Crippen MR) is 87.7 cm³/mol. The molecule has 108 valence electrons. The van der Waals surface area contributed by atoms with Crippen LogP contribution < -0.4 is 10.6 Å². The van der Waals surface area contributed by atoms with Crippen molar-refractivity contribution in [1.82, 2.24) is 0 Å². The Labute approximate surface area is 131 Å². The van der Waals surface area contributed by atoms with Crippen LogP contribution in [0, 0.1) is 0 Å². The van der Waals surface area contributed by atoms with E-state index in [1.807, 2.05) is 24.3 Å². The molecule has 0 saturated carbocycles. The van der Waals surface area contributed by atoms with Gasteiger partial charge in [0.25, 0.3) is 0 Å². The fraction of sp³-hybridized carbons (Fsp3) is 0.125. The molecule has 0 spiro atoms. The predicted octanol–water partition coefficient (Wildman–Crippen LogP) is 3.70. The third kappa shape index (κ3) is 4.72. The van der Waals surface area contributed by atoms with Gasteiger partial charge in [0.1, 0.15) is 0 Å². The van der Waals surface area contributed by atoms with E-state index in [1.165, 1.54) is 6.92 Å². The number of rotatable bonds is 5. The van der Waals surface area contributed by atoms with E-state index in [-0.39, 0.29) is 18.2 Å². The highest BCUT2D eigenvalue weighted by atomic mass is 79.9. The quantitative estimate of drug-likeness (QED) is 0.811. The van der Waals surface area contributed by atoms with Gasteiger partial charge in [-0.3, -0.25) is 9.59 Å². The Hall–Kier alpha value is -2.14. The largest absolute Gasteiger partial charge is 0.376 e. The molecule has 1 amide bonds. The van der Waals surface area contributed by atoms with Gasteiger partial charge in [-0.1, -0.05) is 15.9 Å². The summed E-state index contributed by atoms with van der Waals surface area (Å²) in [5.74, 6) is -0.140. The van der Waals surface area contributed by atoms with Crippen LogP contribution in [0.1, 0.15) is 17.3 Å². The second kappa shape index (κ2) is 7.04. The minimum Gasteiger partial charge on any atom is -0.376 e. The number of hydrogen-bond acceptors (Lipinski definition) is 3. The van der Waals surface area contributed by atoms with Crippen molar-refractivity contribution in [2.24, 2.45) is 0 Å². The SMILES string of the molecule is CC(=O)c1ccc(NC(=O)CNc2ccc(Br)cc2)cc1. The lowest BCUT2D eigenvalue weighted by atomic mass is 10.1. The number of Topliss-reactive ketones (excluding diaryl/α,β-unsaturated/α-hetero) is 1. The van der Waals surface area contributed by atoms with Gasteiger partial charge in [-0.15, -0.1) is 0 Å². The molecule has 0 aliphatic heterocycles. The molecule has 2 aromatic rings. The first-order valence-electron chi connectivity index (χ1n) is 6.45. The number of amides is 1. The first-order chi connectivity index (χ1) is 10.0. The highest BCUT2D eigenvalue weighted by Crippen LogP contribution is 2.14. The normalized spacial score (nSPS) is 10.0. The summed E-state index contributed by atoms with van der Waals surface area (Å²) >= 11 is 3.35. The number of hydrogen-bond donors (Lipinski definition) is 2. The fourth-order valence-corrected chi connectivity index (χ4v) is 2.01. The molecule has 0 atom stereocenters. The Bertz CT molecular complexity index is 636. The van der Waals surface area contributed by atoms with E-state index in [1.54, 1.807) is 24.3 Å². The zero-order valence-corrected chi connectivity index (χ0v) is 13.1. The standard InChI is InChI=1S/C16H15BrN2O2/c1-11(20)12-2-6-15(7-3-12)19-16(21)10-18-14-8-4-13(17)5-9-14/h2-9,18H,10H2,1H3,(H,19,21). The van der Waals surface area contributed by atoms with E-state index < -0.39 is 0 Å². The van der Waals surface area contributed by atoms with Gasteiger partial charge in [0.15, 0.2) is 5.78 Å². The topological polar surface area (TPSA) is 58.2 Å². The minimum atomic E-state index is -0.145. The minimum absolute atomic E-state index is 0.00443. The maximum atomic E-state index is 11.8. The Morgan fingerprint density at radius 2 is 1.52 bits per heavy atom. The molecule has 0 saturated heterocycles. The lowest BCUT2D eigenvalue weighted by Crippen LogP contribution is -2.21. The van der Waals surface area contributed by atoms with Crippen LogP contribution in [0.2, 0.25) is 0 Å². The molecule has 0 radical (unpaired) electrons. The maximum absolute atomic E-state index is 11.8. The molecule has 2 rings (SSSR count). The van der Waals surface area contributed by atoms with E-state index in [0.717, 1.165) is 10.2 Å². The molecular weight excluding hydrogens is 332 g/mol. The van der Waals surface area contributed by atoms with Crippen molar-refractivity contribution in [3.05, 3.63) is 58.6 Å². The Kier molecular flexibility index (Phi) is 5.11. The van der Waals surface area contributed by atoms with E-state index >= 15 is 0 Å². The number of nitrogens with one attached hydrogen (secondary N) is 2. The highest BCUT2D eigenvalue weighted by Gasteiger charge is 2.03. The average molecular weight is 347 g/mol. The van der Waals surface area contributed by atoms with Crippen molar-refractivity contribution in [3.8, 4) is 0 Å². The first kappa shape index (κ1) is 15.3. The summed E-state index contributed by atoms with van der Waals surface area (Å²) in [6, 6.07) is 14.4. The van der Waals surface area contributed by atoms with Crippen molar-refractivity contribution < 1.29 is 9.59 Å². The lowest BCUT2D eigenvalue weighted by Gasteiger charge is -2.08. The van der Waals surface area contributed by atoms with Gasteiger partial charge in [-0.25, -0.2) is 0 Å². The molecule has 0 aliphatic rings. The van der Waals surface area contributed by atoms with Crippen LogP contribution in [0.15, 0.2) is 53.0 Å². The van der Waals surface area contributed by atoms with E-state index in [2.05, 4.69) is 26.6 Å². The zero-order chi connectivity index (χ0) is 15.2. The molecule has 0 aliphatic carbocycles. The van der Waals surface area contributed by atoms with E-state index in [4.69, 9.17) is 0 Å². The summed E-state index contributed by atoms with van der Waals surface area (Å²) in [5, 5.41) is 5.80. The smallest absolute Gasteiger partial charge is 0.243 e. The van der Waals surface area contributed by atoms with Gasteiger partial charge >= 0.3 is 0 Å². The molecular formula is C16H15BrN2O2. The fourth-order valence-electron chi connectivity index (χ4n) is 1.74. The van der Waals surface area contributed by atoms with Crippen molar-refractivity contribution in [3.63, 3.8) is 0 Å². The summed E-state index contributed by atoms with van der Waals surface area (Å²) in [5.41, 5.74) is 2.17. The molecule has 0 aromatic heterocycles. The number of ketones is 1. The van der Waals surface area contributed by atoms with Gasteiger partial charge in [-0.2, -0.15) is 0 Å². The average Bonchev–Trinajstić information content (AvgIpc) is 2.47. The molecule has 2 N–H and O–H groups in total. The third-order valence-corrected chi connectivity index (χ3v) is 3.40. The molecule has 0 heterocycles. The molecule has 21 heavy (non-hydrogen) atoms. The molecule has 0 fully saturated rings. The van der Waals surface area contributed by atoms with Gasteiger partial charge in [0.2, 0.25) is 5.91 Å². The summed E-state index contributed by atoms with van der Waals surface area (Å²) < 4.78 is 0.989. The summed E-state index contributed by atoms with van der Waals surface area (Å²) in [7, 11) is 0. The van der Waals surface area contributed by atoms with Crippen LogP contribution in [0.3, 0.4) is 0 Å². The Morgan fingerprint density at radius 3 is 2.10 bits per heavy atom. The van der Waals surface area contributed by atoms with Crippen LogP contribution in [-0.4, -0.2) is 18.2 Å². The Balaban J connectivity index is 1.86. The van der Waals surface area contributed by atoms with E-state index in [0.29, 0.717) is 11.3 Å². The number of halogens is 1. The third-order valence-electron chi connectivity index (χ3n) is 2.87. The first-order valence-corrected chi connectivity index (χ1v) is 7.24. The van der Waals surface area contributed by atoms with Crippen LogP contribution in [0.25, 0.3) is 0 Å². The van der Waals surface area contributed by atoms with Gasteiger partial charge in [0.05, 0.1) is 6.54 Å². The molecule has 0 unspecified atom stereocenters.